The zero-order chi connectivity index (χ0) is 12.1. The van der Waals surface area contributed by atoms with Crippen LogP contribution in [0.1, 0.15) is 19.4 Å². The molecular formula is C15H17F. The van der Waals surface area contributed by atoms with Gasteiger partial charge in [-0.05, 0) is 43.2 Å². The van der Waals surface area contributed by atoms with Gasteiger partial charge in [0.1, 0.15) is 6.17 Å². The van der Waals surface area contributed by atoms with E-state index < -0.39 is 6.17 Å². The summed E-state index contributed by atoms with van der Waals surface area (Å²) < 4.78 is 13.0. The second-order valence-corrected chi connectivity index (χ2v) is 3.91. The van der Waals surface area contributed by atoms with Gasteiger partial charge in [-0.1, -0.05) is 30.9 Å². The predicted octanol–water partition coefficient (Wildman–Crippen LogP) is 2.65. The fourth-order valence-corrected chi connectivity index (χ4v) is 1.40. The number of halogens is 1. The first-order chi connectivity index (χ1) is 7.56. The summed E-state index contributed by atoms with van der Waals surface area (Å²) in [7, 11) is 0. The molecule has 0 fully saturated rings. The molecule has 16 heavy (non-hydrogen) atoms. The van der Waals surface area contributed by atoms with Crippen molar-refractivity contribution < 1.29 is 4.39 Å². The second kappa shape index (κ2) is 5.48. The van der Waals surface area contributed by atoms with Crippen molar-refractivity contribution in [3.05, 3.63) is 52.4 Å². The van der Waals surface area contributed by atoms with Crippen molar-refractivity contribution in [3.8, 4) is 0 Å². The minimum absolute atomic E-state index is 0.721. The van der Waals surface area contributed by atoms with Crippen LogP contribution in [0.3, 0.4) is 0 Å². The van der Waals surface area contributed by atoms with Crippen molar-refractivity contribution in [1.29, 1.82) is 0 Å². The summed E-state index contributed by atoms with van der Waals surface area (Å²) in [6.07, 6.45) is 2.83. The molecule has 0 heterocycles. The zero-order valence-corrected chi connectivity index (χ0v) is 10.0. The third kappa shape index (κ3) is 2.95. The molecule has 1 aromatic rings. The molecule has 1 aromatic carbocycles. The van der Waals surface area contributed by atoms with Crippen LogP contribution in [0.5, 0.6) is 0 Å². The average Bonchev–Trinajstić information content (AvgIpc) is 2.26. The van der Waals surface area contributed by atoms with Crippen LogP contribution in [0.15, 0.2) is 36.4 Å². The molecule has 0 saturated carbocycles. The standard InChI is InChI=1S/C15H17F/c1-5-14-8-6-7-12(3)15(14)10-9-11(2)13(4)16/h6-10,13H,1H2,2-4H3/b11-9+,15-10-. The highest BCUT2D eigenvalue weighted by molar-refractivity contribution is 5.43. The average molecular weight is 216 g/mol. The number of benzene rings is 1. The topological polar surface area (TPSA) is 0 Å². The van der Waals surface area contributed by atoms with Crippen LogP contribution in [0.4, 0.5) is 4.39 Å². The minimum Gasteiger partial charge on any atom is -0.243 e. The second-order valence-electron chi connectivity index (χ2n) is 3.91. The van der Waals surface area contributed by atoms with Crippen LogP contribution in [-0.4, -0.2) is 6.17 Å². The lowest BCUT2D eigenvalue weighted by Crippen LogP contribution is -2.25. The monoisotopic (exact) mass is 216 g/mol. The van der Waals surface area contributed by atoms with Crippen molar-refractivity contribution in [2.24, 2.45) is 0 Å². The van der Waals surface area contributed by atoms with Gasteiger partial charge in [-0.2, -0.15) is 0 Å². The number of hydrogen-bond acceptors (Lipinski definition) is 0. The van der Waals surface area contributed by atoms with Crippen LogP contribution < -0.4 is 10.4 Å². The quantitative estimate of drug-likeness (QED) is 0.713. The smallest absolute Gasteiger partial charge is 0.118 e. The number of alkyl halides is 1. The maximum atomic E-state index is 13.0. The summed E-state index contributed by atoms with van der Waals surface area (Å²) in [6, 6.07) is 5.94. The van der Waals surface area contributed by atoms with Gasteiger partial charge in [0, 0.05) is 5.22 Å². The molecule has 0 amide bonds. The van der Waals surface area contributed by atoms with E-state index in [4.69, 9.17) is 0 Å². The Labute approximate surface area is 96.1 Å². The molecule has 0 aromatic heterocycles. The van der Waals surface area contributed by atoms with E-state index in [-0.39, 0.29) is 0 Å². The van der Waals surface area contributed by atoms with E-state index in [1.165, 1.54) is 6.92 Å². The number of rotatable bonds is 2. The Hall–Kier alpha value is -1.59. The molecule has 0 aliphatic carbocycles. The van der Waals surface area contributed by atoms with E-state index >= 15 is 0 Å². The molecule has 0 radical (unpaired) electrons. The van der Waals surface area contributed by atoms with Crippen LogP contribution in [0, 0.1) is 6.92 Å². The van der Waals surface area contributed by atoms with E-state index in [0.29, 0.717) is 0 Å². The first-order valence-electron chi connectivity index (χ1n) is 5.34. The fraction of sp³-hybridized carbons (Fsp3) is 0.267. The number of allylic oxidation sites excluding steroid dienone is 2. The van der Waals surface area contributed by atoms with E-state index in [2.05, 4.69) is 12.3 Å². The normalized spacial score (nSPS) is 14.8. The minimum atomic E-state index is -0.906. The van der Waals surface area contributed by atoms with Gasteiger partial charge in [0.2, 0.25) is 0 Å². The number of aryl methyl sites for hydroxylation is 1. The predicted molar refractivity (Wildman–Crippen MR) is 68.3 cm³/mol. The Morgan fingerprint density at radius 1 is 1.50 bits per heavy atom. The summed E-state index contributed by atoms with van der Waals surface area (Å²) >= 11 is 0. The van der Waals surface area contributed by atoms with Crippen molar-refractivity contribution in [1.82, 2.24) is 0 Å². The molecule has 84 valence electrons. The summed E-state index contributed by atoms with van der Waals surface area (Å²) in [6.45, 7) is 9.01. The largest absolute Gasteiger partial charge is 0.243 e. The lowest BCUT2D eigenvalue weighted by Gasteiger charge is -1.99. The van der Waals surface area contributed by atoms with E-state index in [1.807, 2.05) is 37.3 Å². The third-order valence-electron chi connectivity index (χ3n) is 2.65. The molecule has 0 saturated heterocycles. The number of hydrogen-bond donors (Lipinski definition) is 0. The van der Waals surface area contributed by atoms with Gasteiger partial charge >= 0.3 is 0 Å². The molecule has 1 rings (SSSR count). The molecule has 0 aliphatic rings. The highest BCUT2D eigenvalue weighted by Crippen LogP contribution is 2.03. The van der Waals surface area contributed by atoms with Gasteiger partial charge < -0.3 is 0 Å². The first-order valence-corrected chi connectivity index (χ1v) is 5.34. The van der Waals surface area contributed by atoms with Crippen molar-refractivity contribution in [2.75, 3.05) is 0 Å². The van der Waals surface area contributed by atoms with Gasteiger partial charge in [-0.15, -0.1) is 5.73 Å². The maximum Gasteiger partial charge on any atom is 0.118 e. The van der Waals surface area contributed by atoms with Crippen molar-refractivity contribution in [2.45, 2.75) is 26.9 Å². The lowest BCUT2D eigenvalue weighted by molar-refractivity contribution is 0.411. The highest BCUT2D eigenvalue weighted by Gasteiger charge is 1.97. The van der Waals surface area contributed by atoms with E-state index in [0.717, 1.165) is 21.6 Å². The molecule has 0 N–H and O–H groups in total. The molecule has 0 nitrogen and oxygen atoms in total. The van der Waals surface area contributed by atoms with Crippen molar-refractivity contribution in [3.63, 3.8) is 0 Å². The molecule has 1 unspecified atom stereocenters. The zero-order valence-electron chi connectivity index (χ0n) is 10.0. The molecule has 1 heteroatoms. The Kier molecular flexibility index (Phi) is 4.28. The first kappa shape index (κ1) is 12.5. The van der Waals surface area contributed by atoms with E-state index in [1.54, 1.807) is 6.92 Å². The molecule has 0 spiro atoms. The maximum absolute atomic E-state index is 13.0. The Morgan fingerprint density at radius 3 is 2.75 bits per heavy atom. The SMILES string of the molecule is C=C=c1cccc(C)/c1=C/C=C(\C)C(C)F. The van der Waals surface area contributed by atoms with Crippen LogP contribution in [0.2, 0.25) is 0 Å². The van der Waals surface area contributed by atoms with Gasteiger partial charge in [-0.3, -0.25) is 0 Å². The van der Waals surface area contributed by atoms with Crippen LogP contribution in [-0.2, 0) is 0 Å². The summed E-state index contributed by atoms with van der Waals surface area (Å²) in [4.78, 5) is 0. The van der Waals surface area contributed by atoms with Crippen molar-refractivity contribution >= 4 is 11.8 Å². The summed E-state index contributed by atoms with van der Waals surface area (Å²) in [5.74, 6) is 0. The summed E-state index contributed by atoms with van der Waals surface area (Å²) in [5.41, 5.74) is 4.75. The van der Waals surface area contributed by atoms with Crippen LogP contribution >= 0.6 is 0 Å². The Balaban J connectivity index is 3.40. The van der Waals surface area contributed by atoms with Gasteiger partial charge in [-0.25, -0.2) is 4.39 Å². The molecular weight excluding hydrogens is 199 g/mol. The lowest BCUT2D eigenvalue weighted by atomic mass is 10.1. The molecule has 0 aliphatic heterocycles. The van der Waals surface area contributed by atoms with Gasteiger partial charge in [0.25, 0.3) is 0 Å². The summed E-state index contributed by atoms with van der Waals surface area (Å²) in [5, 5.41) is 2.01. The molecule has 0 bridgehead atoms. The highest BCUT2D eigenvalue weighted by atomic mass is 19.1. The Bertz CT molecular complexity index is 529. The fourth-order valence-electron chi connectivity index (χ4n) is 1.40. The molecule has 1 atom stereocenters. The Morgan fingerprint density at radius 2 is 2.19 bits per heavy atom. The van der Waals surface area contributed by atoms with Gasteiger partial charge in [0.15, 0.2) is 0 Å². The van der Waals surface area contributed by atoms with Gasteiger partial charge in [0.05, 0.1) is 0 Å². The third-order valence-corrected chi connectivity index (χ3v) is 2.65. The van der Waals surface area contributed by atoms with Crippen LogP contribution in [0.25, 0.3) is 11.8 Å². The van der Waals surface area contributed by atoms with E-state index in [9.17, 15) is 4.39 Å².